The van der Waals surface area contributed by atoms with Crippen LogP contribution < -0.4 is 10.3 Å². The van der Waals surface area contributed by atoms with Crippen LogP contribution in [0, 0.1) is 5.82 Å². The quantitative estimate of drug-likeness (QED) is 0.227. The van der Waals surface area contributed by atoms with Gasteiger partial charge in [0.05, 0.1) is 41.4 Å². The van der Waals surface area contributed by atoms with Crippen molar-refractivity contribution < 1.29 is 13.9 Å². The zero-order valence-electron chi connectivity index (χ0n) is 20.6. The molecule has 0 fully saturated rings. The lowest BCUT2D eigenvalue weighted by molar-refractivity contribution is -0.130. The number of thioether (sulfide) groups is 1. The molecule has 39 heavy (non-hydrogen) atoms. The summed E-state index contributed by atoms with van der Waals surface area (Å²) in [6.45, 7) is 0. The van der Waals surface area contributed by atoms with Crippen LogP contribution >= 0.6 is 23.1 Å². The Kier molecular flexibility index (Phi) is 6.71. The zero-order valence-corrected chi connectivity index (χ0v) is 22.2. The van der Waals surface area contributed by atoms with Crippen molar-refractivity contribution >= 4 is 45.8 Å². The number of aromatic nitrogens is 4. The number of H-pyrrole nitrogens is 1. The van der Waals surface area contributed by atoms with E-state index in [-0.39, 0.29) is 34.2 Å². The number of benzene rings is 2. The Morgan fingerprint density at radius 2 is 1.97 bits per heavy atom. The van der Waals surface area contributed by atoms with Crippen molar-refractivity contribution in [3.8, 4) is 11.4 Å². The van der Waals surface area contributed by atoms with Crippen molar-refractivity contribution in [3.05, 3.63) is 98.9 Å². The minimum absolute atomic E-state index is 0.00695. The molecule has 4 heterocycles. The Balaban J connectivity index is 1.26. The summed E-state index contributed by atoms with van der Waals surface area (Å²) >= 11 is 2.69. The van der Waals surface area contributed by atoms with E-state index in [0.29, 0.717) is 23.1 Å². The Labute approximate surface area is 230 Å². The van der Waals surface area contributed by atoms with E-state index in [1.807, 2.05) is 41.8 Å². The van der Waals surface area contributed by atoms with Gasteiger partial charge in [0.1, 0.15) is 17.0 Å². The second-order valence-electron chi connectivity index (χ2n) is 8.69. The fourth-order valence-corrected chi connectivity index (χ4v) is 5.78. The molecule has 0 unspecified atom stereocenters. The predicted molar refractivity (Wildman–Crippen MR) is 148 cm³/mol. The molecule has 5 aromatic rings. The van der Waals surface area contributed by atoms with Gasteiger partial charge in [0.15, 0.2) is 10.8 Å². The van der Waals surface area contributed by atoms with Crippen LogP contribution in [0.5, 0.6) is 5.75 Å². The Hall–Kier alpha value is -4.29. The average Bonchev–Trinajstić information content (AvgIpc) is 3.72. The molecular formula is C27H21FN6O3S2. The summed E-state index contributed by atoms with van der Waals surface area (Å²) in [5.41, 5.74) is 2.29. The van der Waals surface area contributed by atoms with Crippen LogP contribution in [0.2, 0.25) is 0 Å². The average molecular weight is 561 g/mol. The van der Waals surface area contributed by atoms with Gasteiger partial charge in [-0.1, -0.05) is 30.0 Å². The highest BCUT2D eigenvalue weighted by Gasteiger charge is 2.33. The van der Waals surface area contributed by atoms with E-state index in [1.165, 1.54) is 28.0 Å². The van der Waals surface area contributed by atoms with Crippen molar-refractivity contribution in [1.29, 1.82) is 0 Å². The highest BCUT2D eigenvalue weighted by atomic mass is 32.2. The second kappa shape index (κ2) is 10.5. The van der Waals surface area contributed by atoms with Gasteiger partial charge in [-0.3, -0.25) is 9.59 Å². The maximum atomic E-state index is 13.5. The van der Waals surface area contributed by atoms with E-state index < -0.39 is 0 Å². The molecule has 6 rings (SSSR count). The van der Waals surface area contributed by atoms with Gasteiger partial charge < -0.3 is 9.72 Å². The molecule has 1 N–H and O–H groups in total. The third kappa shape index (κ3) is 4.95. The number of nitrogens with one attached hydrogen (secondary N) is 1. The molecule has 1 aliphatic rings. The van der Waals surface area contributed by atoms with Gasteiger partial charge in [0.25, 0.3) is 11.5 Å². The highest BCUT2D eigenvalue weighted by Crippen LogP contribution is 2.35. The first-order chi connectivity index (χ1) is 19.0. The van der Waals surface area contributed by atoms with Crippen molar-refractivity contribution in [3.63, 3.8) is 0 Å². The number of thiophene rings is 1. The number of nitrogens with zero attached hydrogens (tertiary/aromatic N) is 5. The Morgan fingerprint density at radius 1 is 1.18 bits per heavy atom. The van der Waals surface area contributed by atoms with Crippen LogP contribution in [0.3, 0.4) is 0 Å². The third-order valence-corrected chi connectivity index (χ3v) is 8.07. The zero-order chi connectivity index (χ0) is 26.9. The predicted octanol–water partition coefficient (Wildman–Crippen LogP) is 4.79. The molecule has 0 spiro atoms. The SMILES string of the molecule is COc1ccc([C@@H]2CC(c3cccs3)=NN2C(=O)CSc2nc3c(cnn3-c3ccc(F)cc3)c(=O)[nH]2)cc1. The first-order valence-electron chi connectivity index (χ1n) is 11.9. The summed E-state index contributed by atoms with van der Waals surface area (Å²) in [4.78, 5) is 34.5. The molecule has 0 radical (unpaired) electrons. The summed E-state index contributed by atoms with van der Waals surface area (Å²) in [5.74, 6) is 0.139. The molecule has 2 aromatic carbocycles. The molecule has 0 bridgehead atoms. The van der Waals surface area contributed by atoms with Crippen molar-refractivity contribution in [2.75, 3.05) is 12.9 Å². The van der Waals surface area contributed by atoms with Gasteiger partial charge in [-0.2, -0.15) is 10.2 Å². The van der Waals surface area contributed by atoms with Crippen LogP contribution in [-0.4, -0.2) is 49.2 Å². The molecule has 1 aliphatic heterocycles. The normalized spacial score (nSPS) is 15.1. The van der Waals surface area contributed by atoms with E-state index in [9.17, 15) is 14.0 Å². The number of ether oxygens (including phenoxy) is 1. The summed E-state index contributed by atoms with van der Waals surface area (Å²) in [5, 5.41) is 13.0. The first-order valence-corrected chi connectivity index (χ1v) is 13.8. The Bertz CT molecular complexity index is 1730. The lowest BCUT2D eigenvalue weighted by atomic mass is 10.0. The maximum absolute atomic E-state index is 13.5. The molecule has 0 aliphatic carbocycles. The maximum Gasteiger partial charge on any atom is 0.262 e. The number of hydrogen-bond donors (Lipinski definition) is 1. The van der Waals surface area contributed by atoms with Gasteiger partial charge in [-0.15, -0.1) is 11.3 Å². The molecule has 1 amide bonds. The topological polar surface area (TPSA) is 105 Å². The summed E-state index contributed by atoms with van der Waals surface area (Å²) in [7, 11) is 1.61. The third-order valence-electron chi connectivity index (χ3n) is 6.29. The van der Waals surface area contributed by atoms with E-state index in [0.717, 1.165) is 33.7 Å². The minimum atomic E-state index is -0.379. The van der Waals surface area contributed by atoms with Crippen LogP contribution in [0.25, 0.3) is 16.7 Å². The number of carbonyl (C=O) groups is 1. The fraction of sp³-hybridized carbons (Fsp3) is 0.148. The van der Waals surface area contributed by atoms with Gasteiger partial charge in [-0.05, 0) is 53.4 Å². The molecule has 196 valence electrons. The molecule has 0 saturated heterocycles. The van der Waals surface area contributed by atoms with Crippen LogP contribution in [-0.2, 0) is 4.79 Å². The molecule has 9 nitrogen and oxygen atoms in total. The minimum Gasteiger partial charge on any atom is -0.497 e. The number of amides is 1. The number of fused-ring (bicyclic) bond motifs is 1. The number of hydrazone groups is 1. The Morgan fingerprint density at radius 3 is 2.69 bits per heavy atom. The lowest BCUT2D eigenvalue weighted by Crippen LogP contribution is -2.28. The number of halogens is 1. The lowest BCUT2D eigenvalue weighted by Gasteiger charge is -2.22. The summed E-state index contributed by atoms with van der Waals surface area (Å²) in [6, 6.07) is 17.0. The van der Waals surface area contributed by atoms with E-state index >= 15 is 0 Å². The van der Waals surface area contributed by atoms with Crippen LogP contribution in [0.4, 0.5) is 4.39 Å². The standard InChI is InChI=1S/C27H21FN6O3S2/c1-37-19-10-4-16(5-11-19)22-13-21(23-3-2-12-38-23)32-34(22)24(35)15-39-27-30-25-20(26(36)31-27)14-29-33(25)18-8-6-17(28)7-9-18/h2-12,14,22H,13,15H2,1H3,(H,30,31,36)/t22-/m0/s1. The van der Waals surface area contributed by atoms with E-state index in [4.69, 9.17) is 9.84 Å². The van der Waals surface area contributed by atoms with E-state index in [2.05, 4.69) is 15.1 Å². The first kappa shape index (κ1) is 25.0. The number of hydrogen-bond acceptors (Lipinski definition) is 8. The van der Waals surface area contributed by atoms with Gasteiger partial charge in [0.2, 0.25) is 0 Å². The molecule has 0 saturated carbocycles. The molecule has 12 heteroatoms. The van der Waals surface area contributed by atoms with Crippen LogP contribution in [0.15, 0.2) is 87.3 Å². The highest BCUT2D eigenvalue weighted by molar-refractivity contribution is 7.99. The second-order valence-corrected chi connectivity index (χ2v) is 10.6. The number of methoxy groups -OCH3 is 1. The van der Waals surface area contributed by atoms with E-state index in [1.54, 1.807) is 30.6 Å². The summed E-state index contributed by atoms with van der Waals surface area (Å²) in [6.07, 6.45) is 2.00. The molecule has 1 atom stereocenters. The van der Waals surface area contributed by atoms with Crippen molar-refractivity contribution in [1.82, 2.24) is 24.8 Å². The van der Waals surface area contributed by atoms with Crippen molar-refractivity contribution in [2.24, 2.45) is 5.10 Å². The fourth-order valence-electron chi connectivity index (χ4n) is 4.35. The molecular weight excluding hydrogens is 539 g/mol. The number of aromatic amines is 1. The number of rotatable bonds is 7. The van der Waals surface area contributed by atoms with Gasteiger partial charge in [-0.25, -0.2) is 19.1 Å². The monoisotopic (exact) mass is 560 g/mol. The smallest absolute Gasteiger partial charge is 0.262 e. The van der Waals surface area contributed by atoms with Gasteiger partial charge >= 0.3 is 0 Å². The van der Waals surface area contributed by atoms with Gasteiger partial charge in [0, 0.05) is 6.42 Å². The van der Waals surface area contributed by atoms with Crippen LogP contribution in [0.1, 0.15) is 22.9 Å². The van der Waals surface area contributed by atoms with Crippen molar-refractivity contribution in [2.45, 2.75) is 17.6 Å². The summed E-state index contributed by atoms with van der Waals surface area (Å²) < 4.78 is 20.1. The largest absolute Gasteiger partial charge is 0.497 e. The number of carbonyl (C=O) groups excluding carboxylic acids is 1. The molecule has 3 aromatic heterocycles.